The molecule has 2 saturated carbocycles. The number of halogens is 5. The smallest absolute Gasteiger partial charge is 0.386 e. The van der Waals surface area contributed by atoms with Crippen molar-refractivity contribution in [2.45, 2.75) is 140 Å². The minimum Gasteiger partial charge on any atom is -0.488 e. The Morgan fingerprint density at radius 3 is 2.01 bits per heavy atom. The molecule has 79 heavy (non-hydrogen) atoms. The summed E-state index contributed by atoms with van der Waals surface area (Å²) in [6.45, 7) is 5.22. The first kappa shape index (κ1) is 65.2. The van der Waals surface area contributed by atoms with E-state index in [2.05, 4.69) is 31.2 Å². The molecule has 2 aliphatic carbocycles. The van der Waals surface area contributed by atoms with Crippen LogP contribution in [0.4, 0.5) is 27.6 Å². The van der Waals surface area contributed by atoms with E-state index in [4.69, 9.17) is 29.4 Å². The molecule has 438 valence electrons. The van der Waals surface area contributed by atoms with Crippen LogP contribution in [0.15, 0.2) is 67.1 Å². The van der Waals surface area contributed by atoms with Gasteiger partial charge in [0.25, 0.3) is 11.8 Å². The van der Waals surface area contributed by atoms with Gasteiger partial charge >= 0.3 is 6.18 Å². The van der Waals surface area contributed by atoms with E-state index in [0.717, 1.165) is 63.9 Å². The topological polar surface area (TPSA) is 252 Å². The van der Waals surface area contributed by atoms with Crippen molar-refractivity contribution in [3.63, 3.8) is 0 Å². The predicted octanol–water partition coefficient (Wildman–Crippen LogP) is 6.60. The number of carbonyl (C=O) groups is 6. The molecular formula is C55H77F5N8O11. The van der Waals surface area contributed by atoms with Gasteiger partial charge in [0.2, 0.25) is 29.4 Å². The van der Waals surface area contributed by atoms with E-state index < -0.39 is 29.8 Å². The van der Waals surface area contributed by atoms with Crippen LogP contribution in [0.2, 0.25) is 0 Å². The molecule has 6 N–H and O–H groups in total. The van der Waals surface area contributed by atoms with Gasteiger partial charge in [0.15, 0.2) is 11.6 Å². The number of primary amides is 1. The van der Waals surface area contributed by atoms with Crippen LogP contribution < -0.4 is 31.7 Å². The van der Waals surface area contributed by atoms with E-state index in [0.29, 0.717) is 70.8 Å². The highest BCUT2D eigenvalue weighted by Gasteiger charge is 2.32. The minimum absolute atomic E-state index is 0.00564. The largest absolute Gasteiger partial charge is 0.488 e. The summed E-state index contributed by atoms with van der Waals surface area (Å²) in [6, 6.07) is 12.6. The summed E-state index contributed by atoms with van der Waals surface area (Å²) in [7, 11) is 1.71. The molecule has 0 bridgehead atoms. The second kappa shape index (κ2) is 35.3. The Morgan fingerprint density at radius 2 is 1.42 bits per heavy atom. The molecular weight excluding hydrogens is 1040 g/mol. The first-order chi connectivity index (χ1) is 37.7. The fourth-order valence-corrected chi connectivity index (χ4v) is 8.84. The molecule has 19 nitrogen and oxygen atoms in total. The maximum Gasteiger partial charge on any atom is 0.386 e. The number of pyridine rings is 2. The Kier molecular flexibility index (Phi) is 29.1. The highest BCUT2D eigenvalue weighted by molar-refractivity contribution is 5.96. The number of aromatic nitrogens is 2. The van der Waals surface area contributed by atoms with Crippen molar-refractivity contribution in [3.05, 3.63) is 84.4 Å². The maximum atomic E-state index is 13.6. The minimum atomic E-state index is -4.00. The highest BCUT2D eigenvalue weighted by atomic mass is 19.4. The number of carbonyl (C=O) groups excluding carboxylic acids is 6. The number of hydrogen-bond donors (Lipinski definition) is 5. The summed E-state index contributed by atoms with van der Waals surface area (Å²) in [6.07, 6.45) is 11.1. The molecule has 4 heterocycles. The van der Waals surface area contributed by atoms with Gasteiger partial charge in [-0.05, 0) is 120 Å². The van der Waals surface area contributed by atoms with Gasteiger partial charge in [0, 0.05) is 95.9 Å². The highest BCUT2D eigenvalue weighted by Crippen LogP contribution is 2.26. The third-order valence-electron chi connectivity index (χ3n) is 13.0. The zero-order valence-electron chi connectivity index (χ0n) is 45.2. The third-order valence-corrected chi connectivity index (χ3v) is 13.0. The molecule has 6 amide bonds. The SMILES string of the molecule is CC(F)(F)F.CC1CCC(C(=O)Nc2ccnc(C(N)=O)c2)O1.CN1CC(C(=O)NCCOC2CCC(OCCCC(=O)NC3CCC(C(=O)NCCCOCCOc4cccc(F)c4F)CC3)CC2)CC1=O.c1ccncc1. The van der Waals surface area contributed by atoms with Crippen LogP contribution in [0, 0.1) is 23.5 Å². The quantitative estimate of drug-likeness (QED) is 0.0497. The molecule has 2 aliphatic heterocycles. The summed E-state index contributed by atoms with van der Waals surface area (Å²) < 4.78 is 85.9. The van der Waals surface area contributed by atoms with E-state index >= 15 is 0 Å². The number of amides is 6. The number of benzene rings is 1. The molecule has 24 heteroatoms. The molecule has 1 aromatic carbocycles. The number of anilines is 1. The van der Waals surface area contributed by atoms with Gasteiger partial charge in [-0.25, -0.2) is 4.39 Å². The molecule has 4 fully saturated rings. The van der Waals surface area contributed by atoms with Crippen molar-refractivity contribution in [1.29, 1.82) is 0 Å². The first-order valence-corrected chi connectivity index (χ1v) is 26.9. The molecule has 7 rings (SSSR count). The van der Waals surface area contributed by atoms with Crippen LogP contribution in [-0.2, 0) is 42.9 Å². The summed E-state index contributed by atoms with van der Waals surface area (Å²) in [5, 5.41) is 11.6. The molecule has 2 aromatic heterocycles. The Hall–Kier alpha value is -6.37. The average molecular weight is 1120 g/mol. The van der Waals surface area contributed by atoms with E-state index in [9.17, 15) is 50.7 Å². The second-order valence-electron chi connectivity index (χ2n) is 19.6. The van der Waals surface area contributed by atoms with Crippen LogP contribution in [0.5, 0.6) is 5.75 Å². The van der Waals surface area contributed by atoms with Crippen LogP contribution in [-0.4, -0.2) is 147 Å². The van der Waals surface area contributed by atoms with E-state index in [-0.39, 0.29) is 104 Å². The molecule has 0 spiro atoms. The molecule has 3 unspecified atom stereocenters. The van der Waals surface area contributed by atoms with Gasteiger partial charge < -0.3 is 55.6 Å². The van der Waals surface area contributed by atoms with Gasteiger partial charge in [-0.15, -0.1) is 0 Å². The van der Waals surface area contributed by atoms with E-state index in [1.54, 1.807) is 30.4 Å². The standard InChI is InChI=1S/C36H54F2N4O8.C12H15N3O3.C5H5N.C2H3F3/c1-42-24-26(23-33(42)44)36(46)40-17-20-49-29-14-12-28(13-15-29)48-19-3-7-32(43)41-27-10-8-25(9-11-27)35(45)39-16-4-18-47-21-22-50-31-6-2-5-30(37)34(31)38;1-7-2-3-10(18-7)12(17)15-8-4-5-14-9(6-8)11(13)16;1-2-4-6-5-3-1;1-2(3,4)5/h2,5-6,25-29H,3-4,7-24H2,1H3,(H,39,45)(H,40,46)(H,41,43);4-7,10H,2-3H2,1H3,(H2,13,16)(H,14,15,17);1-5H;1H3. The van der Waals surface area contributed by atoms with Crippen molar-refractivity contribution in [1.82, 2.24) is 30.8 Å². The lowest BCUT2D eigenvalue weighted by atomic mass is 9.85. The monoisotopic (exact) mass is 1120 g/mol. The lowest BCUT2D eigenvalue weighted by molar-refractivity contribution is -0.128. The fraction of sp³-hybridized carbons (Fsp3) is 0.600. The number of rotatable bonds is 23. The maximum absolute atomic E-state index is 13.6. The van der Waals surface area contributed by atoms with Crippen LogP contribution in [0.1, 0.15) is 114 Å². The van der Waals surface area contributed by atoms with E-state index in [1.807, 2.05) is 25.1 Å². The van der Waals surface area contributed by atoms with Crippen LogP contribution >= 0.6 is 0 Å². The second-order valence-corrected chi connectivity index (χ2v) is 19.6. The van der Waals surface area contributed by atoms with Crippen molar-refractivity contribution in [2.75, 3.05) is 65.0 Å². The van der Waals surface area contributed by atoms with Crippen molar-refractivity contribution in [2.24, 2.45) is 17.6 Å². The Labute approximate surface area is 458 Å². The van der Waals surface area contributed by atoms with Gasteiger partial charge in [0.05, 0.1) is 37.4 Å². The van der Waals surface area contributed by atoms with Crippen molar-refractivity contribution < 1.29 is 74.4 Å². The number of alkyl halides is 3. The molecule has 3 aromatic rings. The predicted molar refractivity (Wildman–Crippen MR) is 281 cm³/mol. The zero-order chi connectivity index (χ0) is 57.6. The fourth-order valence-electron chi connectivity index (χ4n) is 8.84. The molecule has 4 aliphatic rings. The van der Waals surface area contributed by atoms with Gasteiger partial charge in [-0.1, -0.05) is 12.1 Å². The van der Waals surface area contributed by atoms with Crippen LogP contribution in [0.3, 0.4) is 0 Å². The average Bonchev–Trinajstić information content (AvgIpc) is 4.03. The molecule has 0 radical (unpaired) electrons. The number of likely N-dealkylation sites (tertiary alicyclic amines) is 1. The summed E-state index contributed by atoms with van der Waals surface area (Å²) in [4.78, 5) is 80.9. The number of nitrogens with zero attached hydrogens (tertiary/aromatic N) is 3. The lowest BCUT2D eigenvalue weighted by Gasteiger charge is -2.29. The third kappa shape index (κ3) is 26.9. The number of nitrogens with one attached hydrogen (secondary N) is 4. The van der Waals surface area contributed by atoms with Crippen molar-refractivity contribution in [3.8, 4) is 5.75 Å². The number of ether oxygens (including phenoxy) is 5. The first-order valence-electron chi connectivity index (χ1n) is 26.9. The zero-order valence-corrected chi connectivity index (χ0v) is 45.2. The Morgan fingerprint density at radius 1 is 0.759 bits per heavy atom. The summed E-state index contributed by atoms with van der Waals surface area (Å²) >= 11 is 0. The van der Waals surface area contributed by atoms with E-state index in [1.165, 1.54) is 24.4 Å². The normalized spacial score (nSPS) is 21.6. The summed E-state index contributed by atoms with van der Waals surface area (Å²) in [5.41, 5.74) is 5.73. The number of hydrogen-bond acceptors (Lipinski definition) is 13. The molecule has 2 saturated heterocycles. The van der Waals surface area contributed by atoms with Gasteiger partial charge in [-0.2, -0.15) is 17.6 Å². The lowest BCUT2D eigenvalue weighted by Crippen LogP contribution is -2.41. The van der Waals surface area contributed by atoms with Crippen LogP contribution in [0.25, 0.3) is 0 Å². The van der Waals surface area contributed by atoms with Crippen molar-refractivity contribution >= 4 is 41.1 Å². The Bertz CT molecular complexity index is 2290. The number of nitrogens with two attached hydrogens (primary N) is 1. The van der Waals surface area contributed by atoms with Gasteiger partial charge in [0.1, 0.15) is 18.4 Å². The Balaban J connectivity index is 0.000000373. The summed E-state index contributed by atoms with van der Waals surface area (Å²) in [5.74, 6) is -3.34. The van der Waals surface area contributed by atoms with Gasteiger partial charge in [-0.3, -0.25) is 38.7 Å². The molecule has 3 atom stereocenters.